The number of nitrogens with zero attached hydrogens (tertiary/aromatic N) is 3. The summed E-state index contributed by atoms with van der Waals surface area (Å²) in [6.07, 6.45) is 0. The van der Waals surface area contributed by atoms with Crippen LogP contribution in [0.25, 0.3) is 0 Å². The van der Waals surface area contributed by atoms with Crippen LogP contribution in [0.5, 0.6) is 23.0 Å². The Morgan fingerprint density at radius 2 is 1.60 bits per heavy atom. The largest absolute Gasteiger partial charge is 0.497 e. The van der Waals surface area contributed by atoms with Crippen molar-refractivity contribution in [1.29, 1.82) is 0 Å². The molecule has 186 valence electrons. The minimum absolute atomic E-state index is 0.253. The van der Waals surface area contributed by atoms with Crippen molar-refractivity contribution in [2.24, 2.45) is 12.0 Å². The van der Waals surface area contributed by atoms with Gasteiger partial charge < -0.3 is 24.3 Å². The number of aryl methyl sites for hydroxylation is 2. The second kappa shape index (κ2) is 11.3. The molecule has 1 amide bonds. The van der Waals surface area contributed by atoms with E-state index in [2.05, 4.69) is 20.7 Å². The van der Waals surface area contributed by atoms with Gasteiger partial charge in [-0.2, -0.15) is 5.10 Å². The third-order valence-electron chi connectivity index (χ3n) is 5.55. The molecule has 0 bridgehead atoms. The number of hydrogen-bond acceptors (Lipinski definition) is 7. The predicted molar refractivity (Wildman–Crippen MR) is 134 cm³/mol. The molecule has 35 heavy (non-hydrogen) atoms. The van der Waals surface area contributed by atoms with Crippen LogP contribution in [0.2, 0.25) is 0 Å². The first-order valence-electron chi connectivity index (χ1n) is 10.9. The summed E-state index contributed by atoms with van der Waals surface area (Å²) in [4.78, 5) is 17.8. The third kappa shape index (κ3) is 6.03. The zero-order valence-corrected chi connectivity index (χ0v) is 21.1. The van der Waals surface area contributed by atoms with Gasteiger partial charge in [0, 0.05) is 47.8 Å². The molecule has 0 saturated carbocycles. The van der Waals surface area contributed by atoms with E-state index in [9.17, 15) is 4.79 Å². The maximum Gasteiger partial charge on any atom is 0.258 e. The van der Waals surface area contributed by atoms with Crippen molar-refractivity contribution < 1.29 is 23.7 Å². The average molecular weight is 482 g/mol. The molecule has 0 aliphatic heterocycles. The van der Waals surface area contributed by atoms with Gasteiger partial charge >= 0.3 is 0 Å². The average Bonchev–Trinajstić information content (AvgIpc) is 3.11. The Labute approximate surface area is 204 Å². The summed E-state index contributed by atoms with van der Waals surface area (Å²) in [6, 6.07) is 10.2. The number of aliphatic imine (C=N–C) groups is 1. The first-order valence-corrected chi connectivity index (χ1v) is 10.9. The van der Waals surface area contributed by atoms with Crippen LogP contribution in [-0.4, -0.2) is 50.1 Å². The molecule has 0 saturated heterocycles. The van der Waals surface area contributed by atoms with E-state index in [1.807, 2.05) is 25.6 Å². The van der Waals surface area contributed by atoms with E-state index < -0.39 is 0 Å². The number of amides is 1. The zero-order chi connectivity index (χ0) is 25.5. The van der Waals surface area contributed by atoms with E-state index in [-0.39, 0.29) is 11.9 Å². The van der Waals surface area contributed by atoms with Gasteiger partial charge in [0.25, 0.3) is 5.91 Å². The standard InChI is InChI=1S/C25H31N5O5/c1-15-21(16(2)30(3)29-15)14-26-25(27-18-11-19(32-4)13-20(12-18)33-5)28-24(31)17-8-9-22(34-6)23(10-17)35-7/h8-13H,14H2,1-7H3,(H2,26,27,28,31). The lowest BCUT2D eigenvalue weighted by Crippen LogP contribution is -2.36. The van der Waals surface area contributed by atoms with E-state index in [1.54, 1.807) is 50.6 Å². The van der Waals surface area contributed by atoms with Gasteiger partial charge in [0.05, 0.1) is 40.7 Å². The summed E-state index contributed by atoms with van der Waals surface area (Å²) in [5.74, 6) is 2.05. The molecular formula is C25H31N5O5. The molecule has 0 aliphatic rings. The van der Waals surface area contributed by atoms with Gasteiger partial charge in [-0.1, -0.05) is 0 Å². The maximum atomic E-state index is 13.1. The first kappa shape index (κ1) is 25.4. The number of ether oxygens (including phenoxy) is 4. The molecule has 3 rings (SSSR count). The van der Waals surface area contributed by atoms with Crippen LogP contribution < -0.4 is 29.6 Å². The molecule has 1 heterocycles. The third-order valence-corrected chi connectivity index (χ3v) is 5.55. The number of guanidine groups is 1. The van der Waals surface area contributed by atoms with E-state index in [0.717, 1.165) is 17.0 Å². The van der Waals surface area contributed by atoms with Crippen molar-refractivity contribution in [1.82, 2.24) is 15.1 Å². The summed E-state index contributed by atoms with van der Waals surface area (Å²) in [7, 11) is 8.08. The number of carbonyl (C=O) groups excluding carboxylic acids is 1. The topological polar surface area (TPSA) is 108 Å². The fraction of sp³-hybridized carbons (Fsp3) is 0.320. The second-order valence-electron chi connectivity index (χ2n) is 7.69. The van der Waals surface area contributed by atoms with Gasteiger partial charge in [0.2, 0.25) is 5.96 Å². The second-order valence-corrected chi connectivity index (χ2v) is 7.69. The molecular weight excluding hydrogens is 450 g/mol. The number of rotatable bonds is 8. The number of nitrogens with one attached hydrogen (secondary N) is 2. The SMILES string of the molecule is COc1cc(NC(=NCc2c(C)nn(C)c2C)NC(=O)c2ccc(OC)c(OC)c2)cc(OC)c1. The van der Waals surface area contributed by atoms with Gasteiger partial charge in [0.1, 0.15) is 11.5 Å². The maximum absolute atomic E-state index is 13.1. The highest BCUT2D eigenvalue weighted by molar-refractivity contribution is 6.10. The van der Waals surface area contributed by atoms with Crippen molar-refractivity contribution in [2.45, 2.75) is 20.4 Å². The van der Waals surface area contributed by atoms with Gasteiger partial charge in [-0.3, -0.25) is 14.8 Å². The summed E-state index contributed by atoms with van der Waals surface area (Å²) in [6.45, 7) is 4.23. The highest BCUT2D eigenvalue weighted by atomic mass is 16.5. The molecule has 0 aliphatic carbocycles. The van der Waals surface area contributed by atoms with Gasteiger partial charge in [-0.05, 0) is 32.0 Å². The molecule has 0 radical (unpaired) electrons. The zero-order valence-electron chi connectivity index (χ0n) is 21.1. The molecule has 1 aromatic heterocycles. The number of methoxy groups -OCH3 is 4. The summed E-state index contributed by atoms with van der Waals surface area (Å²) < 4.78 is 23.1. The molecule has 0 unspecified atom stereocenters. The number of anilines is 1. The van der Waals surface area contributed by atoms with Crippen LogP contribution in [0.3, 0.4) is 0 Å². The van der Waals surface area contributed by atoms with Gasteiger partial charge in [0.15, 0.2) is 11.5 Å². The van der Waals surface area contributed by atoms with Crippen LogP contribution in [0.1, 0.15) is 27.3 Å². The molecule has 0 atom stereocenters. The molecule has 10 nitrogen and oxygen atoms in total. The predicted octanol–water partition coefficient (Wildman–Crippen LogP) is 3.47. The molecule has 2 N–H and O–H groups in total. The Bertz CT molecular complexity index is 1210. The molecule has 2 aromatic carbocycles. The van der Waals surface area contributed by atoms with Crippen LogP contribution in [-0.2, 0) is 13.6 Å². The number of aromatic nitrogens is 2. The monoisotopic (exact) mass is 481 g/mol. The lowest BCUT2D eigenvalue weighted by atomic mass is 10.2. The van der Waals surface area contributed by atoms with Crippen molar-refractivity contribution in [2.75, 3.05) is 33.8 Å². The fourth-order valence-corrected chi connectivity index (χ4v) is 3.49. The smallest absolute Gasteiger partial charge is 0.258 e. The van der Waals surface area contributed by atoms with E-state index >= 15 is 0 Å². The van der Waals surface area contributed by atoms with Crippen LogP contribution >= 0.6 is 0 Å². The fourth-order valence-electron chi connectivity index (χ4n) is 3.49. The summed E-state index contributed by atoms with van der Waals surface area (Å²) in [5.41, 5.74) is 3.87. The summed E-state index contributed by atoms with van der Waals surface area (Å²) in [5, 5.41) is 10.5. The number of benzene rings is 2. The molecule has 10 heteroatoms. The van der Waals surface area contributed by atoms with Crippen molar-refractivity contribution in [3.8, 4) is 23.0 Å². The van der Waals surface area contributed by atoms with Crippen LogP contribution in [0.4, 0.5) is 5.69 Å². The minimum Gasteiger partial charge on any atom is -0.497 e. The minimum atomic E-state index is -0.369. The first-order chi connectivity index (χ1) is 16.8. The van der Waals surface area contributed by atoms with Crippen LogP contribution in [0.15, 0.2) is 41.4 Å². The lowest BCUT2D eigenvalue weighted by Gasteiger charge is -2.15. The van der Waals surface area contributed by atoms with Crippen molar-refractivity contribution in [3.05, 3.63) is 58.9 Å². The van der Waals surface area contributed by atoms with E-state index in [0.29, 0.717) is 40.8 Å². The Morgan fingerprint density at radius 1 is 0.943 bits per heavy atom. The van der Waals surface area contributed by atoms with E-state index in [4.69, 9.17) is 18.9 Å². The Hall–Kier alpha value is -4.21. The van der Waals surface area contributed by atoms with Crippen molar-refractivity contribution in [3.63, 3.8) is 0 Å². The molecule has 3 aromatic rings. The molecule has 0 spiro atoms. The Kier molecular flexibility index (Phi) is 8.19. The highest BCUT2D eigenvalue weighted by Crippen LogP contribution is 2.28. The number of hydrogen-bond donors (Lipinski definition) is 2. The Balaban J connectivity index is 1.94. The summed E-state index contributed by atoms with van der Waals surface area (Å²) >= 11 is 0. The lowest BCUT2D eigenvalue weighted by molar-refractivity contribution is 0.0976. The van der Waals surface area contributed by atoms with Gasteiger partial charge in [-0.15, -0.1) is 0 Å². The number of carbonyl (C=O) groups is 1. The van der Waals surface area contributed by atoms with Gasteiger partial charge in [-0.25, -0.2) is 4.99 Å². The van der Waals surface area contributed by atoms with Crippen molar-refractivity contribution >= 4 is 17.6 Å². The van der Waals surface area contributed by atoms with Crippen LogP contribution in [0, 0.1) is 13.8 Å². The Morgan fingerprint density at radius 3 is 2.14 bits per heavy atom. The van der Waals surface area contributed by atoms with E-state index in [1.165, 1.54) is 14.2 Å². The quantitative estimate of drug-likeness (QED) is 0.375. The molecule has 0 fully saturated rings. The highest BCUT2D eigenvalue weighted by Gasteiger charge is 2.15. The normalized spacial score (nSPS) is 11.1.